The molecule has 0 spiro atoms. The molecule has 0 N–H and O–H groups in total. The van der Waals surface area contributed by atoms with Crippen molar-refractivity contribution >= 4 is 76.1 Å². The molecule has 4 heteroatoms. The zero-order valence-corrected chi connectivity index (χ0v) is 32.6. The standard InChI is InChI=1S/C55H36N4/c1-55(2)44-23-11-7-17-36(44)42-30-43-49(31-45(42)55)59(54-41-22-8-12-24-46(41)56-53(57-54)35-28-27-33-15-3-4-16-34(33)29-35)51-32-50(39-20-5-6-21-40(39)52(43)51)58-47-25-13-9-18-37(47)38-19-10-14-26-48(38)58/h3-32H,1-2H3. The fraction of sp³-hybridized carbons (Fsp3) is 0.0545. The molecule has 59 heavy (non-hydrogen) atoms. The van der Waals surface area contributed by atoms with Crippen molar-refractivity contribution < 1.29 is 0 Å². The lowest BCUT2D eigenvalue weighted by atomic mass is 9.82. The van der Waals surface area contributed by atoms with Crippen LogP contribution < -0.4 is 0 Å². The Labute approximate surface area is 340 Å². The first-order valence-corrected chi connectivity index (χ1v) is 20.4. The maximum Gasteiger partial charge on any atom is 0.162 e. The summed E-state index contributed by atoms with van der Waals surface area (Å²) in [5, 5.41) is 10.7. The van der Waals surface area contributed by atoms with E-state index in [0.29, 0.717) is 5.82 Å². The summed E-state index contributed by atoms with van der Waals surface area (Å²) >= 11 is 0. The van der Waals surface area contributed by atoms with Gasteiger partial charge < -0.3 is 4.57 Å². The Morgan fingerprint density at radius 1 is 0.407 bits per heavy atom. The molecule has 1 aliphatic carbocycles. The molecule has 0 unspecified atom stereocenters. The molecule has 3 heterocycles. The minimum absolute atomic E-state index is 0.179. The maximum absolute atomic E-state index is 5.61. The SMILES string of the molecule is CC1(C)c2ccccc2-c2cc3c4c5ccccc5c(-n5c6ccccc6c6ccccc65)cc4n(-c4nc(-c5ccc6ccccc6c5)nc5ccccc45)c3cc21. The van der Waals surface area contributed by atoms with Gasteiger partial charge in [0.1, 0.15) is 5.82 Å². The lowest BCUT2D eigenvalue weighted by molar-refractivity contribution is 0.661. The fourth-order valence-electron chi connectivity index (χ4n) is 10.3. The number of hydrogen-bond donors (Lipinski definition) is 0. The number of hydrogen-bond acceptors (Lipinski definition) is 2. The van der Waals surface area contributed by atoms with E-state index in [-0.39, 0.29) is 5.41 Å². The van der Waals surface area contributed by atoms with Gasteiger partial charge in [-0.25, -0.2) is 9.97 Å². The summed E-state index contributed by atoms with van der Waals surface area (Å²) in [5.74, 6) is 1.58. The third-order valence-electron chi connectivity index (χ3n) is 13.1. The van der Waals surface area contributed by atoms with Gasteiger partial charge >= 0.3 is 0 Å². The second-order valence-electron chi connectivity index (χ2n) is 16.6. The highest BCUT2D eigenvalue weighted by atomic mass is 15.1. The first kappa shape index (κ1) is 32.5. The number of aromatic nitrogens is 4. The van der Waals surface area contributed by atoms with E-state index in [2.05, 4.69) is 205 Å². The van der Waals surface area contributed by atoms with Crippen molar-refractivity contribution in [2.75, 3.05) is 0 Å². The summed E-state index contributed by atoms with van der Waals surface area (Å²) in [4.78, 5) is 10.8. The first-order valence-electron chi connectivity index (χ1n) is 20.4. The molecular formula is C55H36N4. The van der Waals surface area contributed by atoms with Crippen molar-refractivity contribution in [3.8, 4) is 34.0 Å². The quantitative estimate of drug-likeness (QED) is 0.180. The number of para-hydroxylation sites is 3. The Balaban J connectivity index is 1.22. The zero-order chi connectivity index (χ0) is 39.0. The molecule has 9 aromatic carbocycles. The van der Waals surface area contributed by atoms with E-state index in [1.54, 1.807) is 0 Å². The van der Waals surface area contributed by atoms with Gasteiger partial charge in [-0.15, -0.1) is 0 Å². The number of benzene rings is 9. The number of nitrogens with zero attached hydrogens (tertiary/aromatic N) is 4. The average Bonchev–Trinajstić information content (AvgIpc) is 3.87. The number of fused-ring (bicyclic) bond motifs is 13. The van der Waals surface area contributed by atoms with Crippen molar-refractivity contribution in [3.05, 3.63) is 193 Å². The van der Waals surface area contributed by atoms with Crippen LogP contribution in [-0.4, -0.2) is 19.1 Å². The minimum atomic E-state index is -0.179. The largest absolute Gasteiger partial charge is 0.309 e. The van der Waals surface area contributed by atoms with Gasteiger partial charge in [-0.1, -0.05) is 147 Å². The Bertz CT molecular complexity index is 3720. The van der Waals surface area contributed by atoms with Crippen molar-refractivity contribution in [2.24, 2.45) is 0 Å². The van der Waals surface area contributed by atoms with Crippen LogP contribution >= 0.6 is 0 Å². The van der Waals surface area contributed by atoms with Crippen molar-refractivity contribution in [1.29, 1.82) is 0 Å². The monoisotopic (exact) mass is 752 g/mol. The highest BCUT2D eigenvalue weighted by Crippen LogP contribution is 2.52. The van der Waals surface area contributed by atoms with E-state index in [1.165, 1.54) is 76.4 Å². The van der Waals surface area contributed by atoms with Crippen LogP contribution in [0.2, 0.25) is 0 Å². The van der Waals surface area contributed by atoms with Crippen LogP contribution in [-0.2, 0) is 5.41 Å². The van der Waals surface area contributed by atoms with Crippen LogP contribution in [0.4, 0.5) is 0 Å². The van der Waals surface area contributed by atoms with E-state index < -0.39 is 0 Å². The van der Waals surface area contributed by atoms with Crippen LogP contribution in [0.15, 0.2) is 182 Å². The Hall–Kier alpha value is -7.56. The molecular weight excluding hydrogens is 717 g/mol. The van der Waals surface area contributed by atoms with Crippen LogP contribution in [0.5, 0.6) is 0 Å². The Morgan fingerprint density at radius 2 is 1.05 bits per heavy atom. The van der Waals surface area contributed by atoms with E-state index >= 15 is 0 Å². The number of rotatable bonds is 3. The van der Waals surface area contributed by atoms with Crippen molar-refractivity contribution in [1.82, 2.24) is 19.1 Å². The third kappa shape index (κ3) is 4.43. The molecule has 0 bridgehead atoms. The van der Waals surface area contributed by atoms with E-state index in [9.17, 15) is 0 Å². The molecule has 4 nitrogen and oxygen atoms in total. The molecule has 276 valence electrons. The molecule has 0 aliphatic heterocycles. The molecule has 0 amide bonds. The molecule has 3 aromatic heterocycles. The molecule has 0 atom stereocenters. The van der Waals surface area contributed by atoms with Gasteiger partial charge in [-0.05, 0) is 86.9 Å². The highest BCUT2D eigenvalue weighted by molar-refractivity contribution is 6.25. The van der Waals surface area contributed by atoms with Gasteiger partial charge in [0.15, 0.2) is 5.82 Å². The van der Waals surface area contributed by atoms with Crippen molar-refractivity contribution in [3.63, 3.8) is 0 Å². The minimum Gasteiger partial charge on any atom is -0.309 e. The second kappa shape index (κ2) is 11.7. The normalized spacial score (nSPS) is 13.4. The fourth-order valence-corrected chi connectivity index (χ4v) is 10.3. The lowest BCUT2D eigenvalue weighted by Crippen LogP contribution is -2.15. The second-order valence-corrected chi connectivity index (χ2v) is 16.6. The van der Waals surface area contributed by atoms with Gasteiger partial charge in [-0.2, -0.15) is 0 Å². The molecule has 0 saturated heterocycles. The predicted octanol–water partition coefficient (Wildman–Crippen LogP) is 14.1. The maximum atomic E-state index is 5.61. The van der Waals surface area contributed by atoms with Crippen LogP contribution in [0.25, 0.3) is 110 Å². The average molecular weight is 753 g/mol. The first-order chi connectivity index (χ1) is 29.0. The Morgan fingerprint density at radius 3 is 1.85 bits per heavy atom. The molecule has 1 aliphatic rings. The van der Waals surface area contributed by atoms with Gasteiger partial charge in [0.05, 0.1) is 33.3 Å². The summed E-state index contributed by atoms with van der Waals surface area (Å²) in [5.41, 5.74) is 12.8. The van der Waals surface area contributed by atoms with E-state index in [1.807, 2.05) is 0 Å². The summed E-state index contributed by atoms with van der Waals surface area (Å²) in [7, 11) is 0. The molecule has 0 fully saturated rings. The highest BCUT2D eigenvalue weighted by Gasteiger charge is 2.36. The zero-order valence-electron chi connectivity index (χ0n) is 32.6. The lowest BCUT2D eigenvalue weighted by Gasteiger charge is -2.21. The summed E-state index contributed by atoms with van der Waals surface area (Å²) < 4.78 is 4.91. The third-order valence-corrected chi connectivity index (χ3v) is 13.1. The molecule has 12 aromatic rings. The van der Waals surface area contributed by atoms with Crippen molar-refractivity contribution in [2.45, 2.75) is 19.3 Å². The Kier molecular flexibility index (Phi) is 6.48. The summed E-state index contributed by atoms with van der Waals surface area (Å²) in [6.07, 6.45) is 0. The van der Waals surface area contributed by atoms with Crippen LogP contribution in [0.1, 0.15) is 25.0 Å². The summed E-state index contributed by atoms with van der Waals surface area (Å²) in [6.45, 7) is 4.73. The molecule has 13 rings (SSSR count). The molecule has 0 saturated carbocycles. The summed E-state index contributed by atoms with van der Waals surface area (Å²) in [6, 6.07) is 66.4. The predicted molar refractivity (Wildman–Crippen MR) is 246 cm³/mol. The van der Waals surface area contributed by atoms with Crippen LogP contribution in [0.3, 0.4) is 0 Å². The van der Waals surface area contributed by atoms with Gasteiger partial charge in [-0.3, -0.25) is 4.57 Å². The van der Waals surface area contributed by atoms with Gasteiger partial charge in [0.25, 0.3) is 0 Å². The van der Waals surface area contributed by atoms with E-state index in [0.717, 1.165) is 39.0 Å². The van der Waals surface area contributed by atoms with Gasteiger partial charge in [0.2, 0.25) is 0 Å². The topological polar surface area (TPSA) is 35.6 Å². The van der Waals surface area contributed by atoms with Gasteiger partial charge in [0, 0.05) is 43.3 Å². The van der Waals surface area contributed by atoms with Crippen LogP contribution in [0, 0.1) is 0 Å². The van der Waals surface area contributed by atoms with E-state index in [4.69, 9.17) is 9.97 Å². The molecule has 0 radical (unpaired) electrons. The smallest absolute Gasteiger partial charge is 0.162 e.